The van der Waals surface area contributed by atoms with Gasteiger partial charge < -0.3 is 9.47 Å². The molecule has 0 fully saturated rings. The lowest BCUT2D eigenvalue weighted by Gasteiger charge is -2.29. The van der Waals surface area contributed by atoms with E-state index in [0.29, 0.717) is 11.3 Å². The second kappa shape index (κ2) is 5.12. The van der Waals surface area contributed by atoms with Crippen LogP contribution in [0.25, 0.3) is 0 Å². The molecule has 3 heteroatoms. The molecule has 0 N–H and O–H groups in total. The zero-order valence-corrected chi connectivity index (χ0v) is 10.2. The van der Waals surface area contributed by atoms with Crippen LogP contribution in [0.2, 0.25) is 0 Å². The monoisotopic (exact) mass is 222 g/mol. The zero-order chi connectivity index (χ0) is 12.2. The maximum absolute atomic E-state index is 10.5. The smallest absolute Gasteiger partial charge is 0.204 e. The van der Waals surface area contributed by atoms with Crippen LogP contribution in [0.5, 0.6) is 5.75 Å². The first-order valence-electron chi connectivity index (χ1n) is 5.22. The molecule has 1 rings (SSSR count). The third kappa shape index (κ3) is 3.35. The molecule has 0 aromatic heterocycles. The Balaban J connectivity index is 2.74. The minimum absolute atomic E-state index is 0.0991. The zero-order valence-electron chi connectivity index (χ0n) is 10.2. The van der Waals surface area contributed by atoms with Gasteiger partial charge in [-0.2, -0.15) is 0 Å². The molecule has 0 amide bonds. The first-order chi connectivity index (χ1) is 7.47. The lowest BCUT2D eigenvalue weighted by Crippen LogP contribution is -2.33. The van der Waals surface area contributed by atoms with Crippen molar-refractivity contribution in [1.82, 2.24) is 0 Å². The number of carbonyl (C=O) groups excluding carboxylic acids is 1. The van der Waals surface area contributed by atoms with Crippen LogP contribution in [0.4, 0.5) is 0 Å². The van der Waals surface area contributed by atoms with E-state index in [9.17, 15) is 4.79 Å². The van der Waals surface area contributed by atoms with Crippen molar-refractivity contribution in [2.24, 2.45) is 5.41 Å². The van der Waals surface area contributed by atoms with Gasteiger partial charge in [-0.25, -0.2) is 0 Å². The minimum Gasteiger partial charge on any atom is -0.464 e. The molecule has 0 aliphatic rings. The Morgan fingerprint density at radius 1 is 1.19 bits per heavy atom. The van der Waals surface area contributed by atoms with E-state index in [2.05, 4.69) is 0 Å². The number of ether oxygens (including phenoxy) is 2. The second-order valence-electron chi connectivity index (χ2n) is 4.74. The molecular weight excluding hydrogens is 204 g/mol. The van der Waals surface area contributed by atoms with Crippen LogP contribution in [0.1, 0.15) is 31.1 Å². The van der Waals surface area contributed by atoms with Crippen molar-refractivity contribution in [1.29, 1.82) is 0 Å². The van der Waals surface area contributed by atoms with Gasteiger partial charge in [-0.05, 0) is 24.3 Å². The van der Waals surface area contributed by atoms with Crippen LogP contribution in [-0.4, -0.2) is 19.7 Å². The number of carbonyl (C=O) groups is 1. The molecule has 0 heterocycles. The third-order valence-corrected chi connectivity index (χ3v) is 2.18. The number of aldehydes is 1. The van der Waals surface area contributed by atoms with Crippen LogP contribution in [0.15, 0.2) is 24.3 Å². The predicted molar refractivity (Wildman–Crippen MR) is 62.7 cm³/mol. The lowest BCUT2D eigenvalue weighted by atomic mass is 9.96. The Kier molecular flexibility index (Phi) is 4.07. The van der Waals surface area contributed by atoms with Gasteiger partial charge in [0.1, 0.15) is 12.0 Å². The van der Waals surface area contributed by atoms with Gasteiger partial charge >= 0.3 is 0 Å². The highest BCUT2D eigenvalue weighted by molar-refractivity contribution is 5.74. The summed E-state index contributed by atoms with van der Waals surface area (Å²) in [6.45, 7) is 6.13. The Bertz CT molecular complexity index is 335. The van der Waals surface area contributed by atoms with Gasteiger partial charge in [0.15, 0.2) is 0 Å². The number of hydrogen-bond donors (Lipinski definition) is 0. The Morgan fingerprint density at radius 3 is 2.12 bits per heavy atom. The van der Waals surface area contributed by atoms with E-state index in [1.807, 2.05) is 20.8 Å². The summed E-state index contributed by atoms with van der Waals surface area (Å²) in [4.78, 5) is 10.5. The molecule has 0 saturated heterocycles. The number of benzene rings is 1. The predicted octanol–water partition coefficient (Wildman–Crippen LogP) is 2.90. The summed E-state index contributed by atoms with van der Waals surface area (Å²) in [7, 11) is 1.62. The highest BCUT2D eigenvalue weighted by Gasteiger charge is 2.26. The van der Waals surface area contributed by atoms with Crippen LogP contribution < -0.4 is 4.74 Å². The van der Waals surface area contributed by atoms with E-state index >= 15 is 0 Å². The summed E-state index contributed by atoms with van der Waals surface area (Å²) >= 11 is 0. The average Bonchev–Trinajstić information content (AvgIpc) is 2.25. The molecule has 0 radical (unpaired) electrons. The van der Waals surface area contributed by atoms with Crippen molar-refractivity contribution in [3.63, 3.8) is 0 Å². The van der Waals surface area contributed by atoms with Crippen LogP contribution in [-0.2, 0) is 4.74 Å². The lowest BCUT2D eigenvalue weighted by molar-refractivity contribution is -0.120. The molecule has 1 aromatic carbocycles. The first kappa shape index (κ1) is 12.7. The van der Waals surface area contributed by atoms with Crippen molar-refractivity contribution in [2.75, 3.05) is 7.11 Å². The highest BCUT2D eigenvalue weighted by atomic mass is 16.7. The minimum atomic E-state index is -0.311. The summed E-state index contributed by atoms with van der Waals surface area (Å²) in [6, 6.07) is 6.97. The van der Waals surface area contributed by atoms with Gasteiger partial charge in [0.2, 0.25) is 6.29 Å². The molecule has 1 atom stereocenters. The summed E-state index contributed by atoms with van der Waals surface area (Å²) in [5, 5.41) is 0. The van der Waals surface area contributed by atoms with E-state index in [1.54, 1.807) is 31.4 Å². The fraction of sp³-hybridized carbons (Fsp3) is 0.462. The van der Waals surface area contributed by atoms with Crippen molar-refractivity contribution in [3.05, 3.63) is 29.8 Å². The van der Waals surface area contributed by atoms with E-state index in [0.717, 1.165) is 6.29 Å². The fourth-order valence-corrected chi connectivity index (χ4v) is 1.33. The largest absolute Gasteiger partial charge is 0.464 e. The Hall–Kier alpha value is -1.35. The van der Waals surface area contributed by atoms with Gasteiger partial charge in [-0.1, -0.05) is 20.8 Å². The summed E-state index contributed by atoms with van der Waals surface area (Å²) in [5.74, 6) is 0.701. The van der Waals surface area contributed by atoms with Crippen molar-refractivity contribution in [2.45, 2.75) is 27.1 Å². The van der Waals surface area contributed by atoms with Gasteiger partial charge in [0.25, 0.3) is 0 Å². The quantitative estimate of drug-likeness (QED) is 0.580. The summed E-state index contributed by atoms with van der Waals surface area (Å²) in [5.41, 5.74) is 0.537. The summed E-state index contributed by atoms with van der Waals surface area (Å²) < 4.78 is 11.0. The van der Waals surface area contributed by atoms with Gasteiger partial charge in [0.05, 0.1) is 0 Å². The van der Waals surface area contributed by atoms with Crippen molar-refractivity contribution >= 4 is 6.29 Å². The molecule has 0 spiro atoms. The first-order valence-corrected chi connectivity index (χ1v) is 5.22. The number of rotatable bonds is 4. The molecule has 88 valence electrons. The maximum atomic E-state index is 10.5. The number of hydrogen-bond acceptors (Lipinski definition) is 3. The molecule has 0 bridgehead atoms. The topological polar surface area (TPSA) is 35.5 Å². The molecule has 3 nitrogen and oxygen atoms in total. The van der Waals surface area contributed by atoms with Gasteiger partial charge in [-0.3, -0.25) is 4.79 Å². The van der Waals surface area contributed by atoms with E-state index in [-0.39, 0.29) is 11.7 Å². The van der Waals surface area contributed by atoms with Crippen LogP contribution in [0, 0.1) is 5.41 Å². The average molecular weight is 222 g/mol. The maximum Gasteiger partial charge on any atom is 0.204 e. The van der Waals surface area contributed by atoms with Crippen LogP contribution >= 0.6 is 0 Å². The molecule has 1 unspecified atom stereocenters. The Morgan fingerprint density at radius 2 is 1.75 bits per heavy atom. The summed E-state index contributed by atoms with van der Waals surface area (Å²) in [6.07, 6.45) is 0.496. The van der Waals surface area contributed by atoms with E-state index in [4.69, 9.17) is 9.47 Å². The Labute approximate surface area is 96.4 Å². The standard InChI is InChI=1S/C13H18O3/c1-13(2,3)12(15-4)16-11-7-5-10(9-14)6-8-11/h5-9,12H,1-4H3. The second-order valence-corrected chi connectivity index (χ2v) is 4.74. The van der Waals surface area contributed by atoms with Crippen LogP contribution in [0.3, 0.4) is 0 Å². The third-order valence-electron chi connectivity index (χ3n) is 2.18. The van der Waals surface area contributed by atoms with Gasteiger partial charge in [0, 0.05) is 18.1 Å². The fourth-order valence-electron chi connectivity index (χ4n) is 1.33. The normalized spacial score (nSPS) is 13.2. The SMILES string of the molecule is COC(Oc1ccc(C=O)cc1)C(C)(C)C. The molecule has 0 saturated carbocycles. The van der Waals surface area contributed by atoms with Crippen molar-refractivity contribution in [3.8, 4) is 5.75 Å². The molecule has 16 heavy (non-hydrogen) atoms. The van der Waals surface area contributed by atoms with E-state index in [1.165, 1.54) is 0 Å². The molecule has 0 aliphatic carbocycles. The molecule has 1 aromatic rings. The van der Waals surface area contributed by atoms with Crippen molar-refractivity contribution < 1.29 is 14.3 Å². The van der Waals surface area contributed by atoms with Gasteiger partial charge in [-0.15, -0.1) is 0 Å². The number of methoxy groups -OCH3 is 1. The van der Waals surface area contributed by atoms with E-state index < -0.39 is 0 Å². The molecular formula is C13H18O3. The highest BCUT2D eigenvalue weighted by Crippen LogP contribution is 2.25. The molecule has 0 aliphatic heterocycles.